The summed E-state index contributed by atoms with van der Waals surface area (Å²) in [5.74, 6) is -1.06. The Bertz CT molecular complexity index is 621. The summed E-state index contributed by atoms with van der Waals surface area (Å²) >= 11 is 1.46. The van der Waals surface area contributed by atoms with Crippen LogP contribution in [0.5, 0.6) is 0 Å². The van der Waals surface area contributed by atoms with Gasteiger partial charge in [-0.15, -0.1) is 11.3 Å². The van der Waals surface area contributed by atoms with E-state index in [-0.39, 0.29) is 18.9 Å². The number of para-hydroxylation sites is 1. The average molecular weight is 303 g/mol. The summed E-state index contributed by atoms with van der Waals surface area (Å²) in [5, 5.41) is 8.87. The molecule has 4 nitrogen and oxygen atoms in total. The Kier molecular flexibility index (Phi) is 5.11. The highest BCUT2D eigenvalue weighted by Crippen LogP contribution is 2.22. The molecule has 0 unspecified atom stereocenters. The van der Waals surface area contributed by atoms with Crippen LogP contribution in [0, 0.1) is 0 Å². The number of carbonyl (C=O) groups excluding carboxylic acids is 1. The molecule has 1 aromatic carbocycles. The molecular formula is C16H17NO3S. The number of carbonyl (C=O) groups is 2. The summed E-state index contributed by atoms with van der Waals surface area (Å²) < 4.78 is 0. The molecule has 0 atom stereocenters. The van der Waals surface area contributed by atoms with Crippen LogP contribution in [0.1, 0.15) is 27.9 Å². The van der Waals surface area contributed by atoms with Gasteiger partial charge in [-0.05, 0) is 30.7 Å². The van der Waals surface area contributed by atoms with Gasteiger partial charge in [0.2, 0.25) is 0 Å². The van der Waals surface area contributed by atoms with Gasteiger partial charge in [0, 0.05) is 17.1 Å². The number of nitrogens with zero attached hydrogens (tertiary/aromatic N) is 1. The first kappa shape index (κ1) is 15.3. The van der Waals surface area contributed by atoms with Crippen LogP contribution in [0.25, 0.3) is 0 Å². The molecule has 1 amide bonds. The zero-order valence-corrected chi connectivity index (χ0v) is 12.6. The first-order chi connectivity index (χ1) is 10.1. The Morgan fingerprint density at radius 1 is 1.14 bits per heavy atom. The van der Waals surface area contributed by atoms with Crippen LogP contribution in [0.4, 0.5) is 5.69 Å². The molecule has 0 saturated carbocycles. The average Bonchev–Trinajstić information content (AvgIpc) is 2.97. The zero-order valence-electron chi connectivity index (χ0n) is 11.8. The number of benzene rings is 1. The molecule has 1 N–H and O–H groups in total. The van der Waals surface area contributed by atoms with Gasteiger partial charge in [-0.3, -0.25) is 9.59 Å². The highest BCUT2D eigenvalue weighted by molar-refractivity contribution is 7.14. The third kappa shape index (κ3) is 3.92. The number of aliphatic carboxylic acids is 1. The van der Waals surface area contributed by atoms with Gasteiger partial charge >= 0.3 is 5.97 Å². The van der Waals surface area contributed by atoms with E-state index in [9.17, 15) is 9.59 Å². The molecule has 2 rings (SSSR count). The Balaban J connectivity index is 2.25. The Morgan fingerprint density at radius 2 is 1.86 bits per heavy atom. The van der Waals surface area contributed by atoms with E-state index >= 15 is 0 Å². The maximum absolute atomic E-state index is 12.6. The molecule has 0 aliphatic carbocycles. The third-order valence-electron chi connectivity index (χ3n) is 3.08. The normalized spacial score (nSPS) is 10.3. The predicted octanol–water partition coefficient (Wildman–Crippen LogP) is 3.43. The molecule has 0 radical (unpaired) electrons. The molecule has 110 valence electrons. The molecule has 21 heavy (non-hydrogen) atoms. The predicted molar refractivity (Wildman–Crippen MR) is 84.1 cm³/mol. The van der Waals surface area contributed by atoms with Crippen LogP contribution in [0.2, 0.25) is 0 Å². The van der Waals surface area contributed by atoms with Crippen LogP contribution in [0.15, 0.2) is 42.5 Å². The van der Waals surface area contributed by atoms with E-state index in [2.05, 4.69) is 0 Å². The largest absolute Gasteiger partial charge is 0.481 e. The van der Waals surface area contributed by atoms with Gasteiger partial charge in [-0.1, -0.05) is 25.1 Å². The van der Waals surface area contributed by atoms with Gasteiger partial charge in [-0.25, -0.2) is 0 Å². The molecule has 0 fully saturated rings. The highest BCUT2D eigenvalue weighted by Gasteiger charge is 2.20. The monoisotopic (exact) mass is 303 g/mol. The van der Waals surface area contributed by atoms with Crippen LogP contribution < -0.4 is 4.90 Å². The topological polar surface area (TPSA) is 57.6 Å². The minimum atomic E-state index is -0.913. The lowest BCUT2D eigenvalue weighted by Gasteiger charge is -2.21. The first-order valence-corrected chi connectivity index (χ1v) is 7.61. The first-order valence-electron chi connectivity index (χ1n) is 6.79. The molecule has 0 spiro atoms. The maximum atomic E-state index is 12.6. The fourth-order valence-corrected chi connectivity index (χ4v) is 2.88. The number of hydrogen-bond donors (Lipinski definition) is 1. The van der Waals surface area contributed by atoms with Crippen molar-refractivity contribution >= 4 is 28.9 Å². The lowest BCUT2D eigenvalue weighted by molar-refractivity contribution is -0.136. The van der Waals surface area contributed by atoms with Crippen molar-refractivity contribution in [3.63, 3.8) is 0 Å². The Labute approximate surface area is 127 Å². The van der Waals surface area contributed by atoms with E-state index in [1.54, 1.807) is 0 Å². The summed E-state index contributed by atoms with van der Waals surface area (Å²) in [4.78, 5) is 26.7. The summed E-state index contributed by atoms with van der Waals surface area (Å²) in [6.45, 7) is 2.21. The lowest BCUT2D eigenvalue weighted by atomic mass is 10.2. The second kappa shape index (κ2) is 7.04. The molecule has 1 heterocycles. The van der Waals surface area contributed by atoms with E-state index in [4.69, 9.17) is 5.11 Å². The number of hydrogen-bond acceptors (Lipinski definition) is 3. The number of aryl methyl sites for hydroxylation is 1. The number of rotatable bonds is 6. The fourth-order valence-electron chi connectivity index (χ4n) is 1.98. The van der Waals surface area contributed by atoms with Gasteiger partial charge in [0.1, 0.15) is 0 Å². The van der Waals surface area contributed by atoms with E-state index in [0.29, 0.717) is 4.88 Å². The zero-order chi connectivity index (χ0) is 15.2. The minimum absolute atomic E-state index is 0.0767. The summed E-state index contributed by atoms with van der Waals surface area (Å²) in [6, 6.07) is 12.9. The standard InChI is InChI=1S/C16H17NO3S/c1-2-13-8-9-14(21-13)16(20)17(11-10-15(18)19)12-6-4-3-5-7-12/h3-9H,2,10-11H2,1H3,(H,18,19). The lowest BCUT2D eigenvalue weighted by Crippen LogP contribution is -2.32. The molecule has 1 aromatic heterocycles. The number of carboxylic acid groups (broad SMARTS) is 1. The van der Waals surface area contributed by atoms with Crippen molar-refractivity contribution in [2.75, 3.05) is 11.4 Å². The number of amides is 1. The minimum Gasteiger partial charge on any atom is -0.481 e. The molecule has 0 saturated heterocycles. The second-order valence-corrected chi connectivity index (χ2v) is 5.72. The van der Waals surface area contributed by atoms with Crippen molar-refractivity contribution in [2.45, 2.75) is 19.8 Å². The maximum Gasteiger partial charge on any atom is 0.305 e. The summed E-state index contributed by atoms with van der Waals surface area (Å²) in [7, 11) is 0. The van der Waals surface area contributed by atoms with Crippen LogP contribution in [-0.2, 0) is 11.2 Å². The van der Waals surface area contributed by atoms with Crippen LogP contribution in [0.3, 0.4) is 0 Å². The van der Waals surface area contributed by atoms with Gasteiger partial charge in [0.25, 0.3) is 5.91 Å². The molecule has 5 heteroatoms. The van der Waals surface area contributed by atoms with E-state index < -0.39 is 5.97 Å². The van der Waals surface area contributed by atoms with E-state index in [1.807, 2.05) is 49.4 Å². The van der Waals surface area contributed by atoms with Crippen molar-refractivity contribution in [2.24, 2.45) is 0 Å². The SMILES string of the molecule is CCc1ccc(C(=O)N(CCC(=O)O)c2ccccc2)s1. The quantitative estimate of drug-likeness (QED) is 0.889. The van der Waals surface area contributed by atoms with Crippen molar-refractivity contribution in [3.8, 4) is 0 Å². The Hall–Kier alpha value is -2.14. The second-order valence-electron chi connectivity index (χ2n) is 4.56. The highest BCUT2D eigenvalue weighted by atomic mass is 32.1. The molecule has 0 aliphatic rings. The van der Waals surface area contributed by atoms with Crippen LogP contribution >= 0.6 is 11.3 Å². The van der Waals surface area contributed by atoms with Crippen LogP contribution in [-0.4, -0.2) is 23.5 Å². The van der Waals surface area contributed by atoms with Crippen molar-refractivity contribution in [1.82, 2.24) is 0 Å². The molecule has 0 bridgehead atoms. The number of thiophene rings is 1. The molecule has 0 aliphatic heterocycles. The van der Waals surface area contributed by atoms with Gasteiger partial charge in [0.15, 0.2) is 0 Å². The number of anilines is 1. The fraction of sp³-hybridized carbons (Fsp3) is 0.250. The van der Waals surface area contributed by atoms with E-state index in [1.165, 1.54) is 16.2 Å². The van der Waals surface area contributed by atoms with Crippen molar-refractivity contribution in [3.05, 3.63) is 52.2 Å². The summed E-state index contributed by atoms with van der Waals surface area (Å²) in [5.41, 5.74) is 0.718. The van der Waals surface area contributed by atoms with Crippen molar-refractivity contribution in [1.29, 1.82) is 0 Å². The van der Waals surface area contributed by atoms with Gasteiger partial charge < -0.3 is 10.0 Å². The van der Waals surface area contributed by atoms with E-state index in [0.717, 1.165) is 17.0 Å². The Morgan fingerprint density at radius 3 is 2.43 bits per heavy atom. The number of carboxylic acids is 1. The van der Waals surface area contributed by atoms with Gasteiger partial charge in [0.05, 0.1) is 11.3 Å². The molecular weight excluding hydrogens is 286 g/mol. The van der Waals surface area contributed by atoms with Crippen molar-refractivity contribution < 1.29 is 14.7 Å². The summed E-state index contributed by atoms with van der Waals surface area (Å²) in [6.07, 6.45) is 0.811. The smallest absolute Gasteiger partial charge is 0.305 e. The molecule has 2 aromatic rings. The van der Waals surface area contributed by atoms with Gasteiger partial charge in [-0.2, -0.15) is 0 Å². The third-order valence-corrected chi connectivity index (χ3v) is 4.30.